The van der Waals surface area contributed by atoms with Gasteiger partial charge in [0.25, 0.3) is 0 Å². The van der Waals surface area contributed by atoms with E-state index in [-0.39, 0.29) is 0 Å². The number of nitrogen functional groups attached to an aromatic ring is 1. The second-order valence-corrected chi connectivity index (χ2v) is 3.37. The topological polar surface area (TPSA) is 51.4 Å². The molecule has 1 saturated heterocycles. The molecule has 0 radical (unpaired) electrons. The van der Waals surface area contributed by atoms with E-state index in [1.807, 2.05) is 12.1 Å². The van der Waals surface area contributed by atoms with Gasteiger partial charge in [0, 0.05) is 25.9 Å². The van der Waals surface area contributed by atoms with Crippen molar-refractivity contribution in [2.24, 2.45) is 0 Å². The first-order valence-electron chi connectivity index (χ1n) is 4.91. The molecule has 0 atom stereocenters. The van der Waals surface area contributed by atoms with Crippen LogP contribution < -0.4 is 10.6 Å². The molecule has 14 heavy (non-hydrogen) atoms. The molecular formula is C10H15N3O. The summed E-state index contributed by atoms with van der Waals surface area (Å²) in [6.45, 7) is 3.45. The number of hydrogen-bond donors (Lipinski definition) is 1. The number of aromatic nitrogens is 1. The maximum atomic E-state index is 5.86. The molecule has 0 aliphatic carbocycles. The van der Waals surface area contributed by atoms with E-state index >= 15 is 0 Å². The minimum Gasteiger partial charge on any atom is -0.396 e. The van der Waals surface area contributed by atoms with Crippen molar-refractivity contribution in [2.45, 2.75) is 6.42 Å². The molecule has 0 saturated carbocycles. The number of nitrogens with zero attached hydrogens (tertiary/aromatic N) is 2. The average Bonchev–Trinajstić information content (AvgIpc) is 2.47. The zero-order chi connectivity index (χ0) is 9.80. The van der Waals surface area contributed by atoms with Gasteiger partial charge < -0.3 is 15.4 Å². The Morgan fingerprint density at radius 1 is 1.36 bits per heavy atom. The van der Waals surface area contributed by atoms with E-state index in [9.17, 15) is 0 Å². The van der Waals surface area contributed by atoms with Crippen molar-refractivity contribution >= 4 is 11.5 Å². The van der Waals surface area contributed by atoms with Crippen LogP contribution in [0.4, 0.5) is 11.5 Å². The minimum absolute atomic E-state index is 0.745. The van der Waals surface area contributed by atoms with E-state index in [0.29, 0.717) is 0 Å². The maximum Gasteiger partial charge on any atom is 0.151 e. The van der Waals surface area contributed by atoms with Gasteiger partial charge >= 0.3 is 0 Å². The van der Waals surface area contributed by atoms with Crippen LogP contribution in [-0.2, 0) is 4.74 Å². The van der Waals surface area contributed by atoms with Crippen LogP contribution in [-0.4, -0.2) is 31.3 Å². The van der Waals surface area contributed by atoms with Crippen LogP contribution in [0, 0.1) is 0 Å². The van der Waals surface area contributed by atoms with Crippen molar-refractivity contribution in [2.75, 3.05) is 36.9 Å². The molecule has 1 aliphatic heterocycles. The molecule has 0 spiro atoms. The van der Waals surface area contributed by atoms with Crippen molar-refractivity contribution < 1.29 is 4.74 Å². The van der Waals surface area contributed by atoms with E-state index in [1.165, 1.54) is 0 Å². The molecule has 0 amide bonds. The molecule has 0 aromatic carbocycles. The van der Waals surface area contributed by atoms with Gasteiger partial charge in [-0.25, -0.2) is 4.98 Å². The summed E-state index contributed by atoms with van der Waals surface area (Å²) in [5.41, 5.74) is 6.60. The zero-order valence-electron chi connectivity index (χ0n) is 8.15. The largest absolute Gasteiger partial charge is 0.396 e. The molecule has 76 valence electrons. The Hall–Kier alpha value is -1.29. The summed E-state index contributed by atoms with van der Waals surface area (Å²) in [5.74, 6) is 0.887. The van der Waals surface area contributed by atoms with Crippen molar-refractivity contribution in [3.63, 3.8) is 0 Å². The van der Waals surface area contributed by atoms with Crippen LogP contribution in [0.1, 0.15) is 6.42 Å². The van der Waals surface area contributed by atoms with Gasteiger partial charge in [-0.1, -0.05) is 0 Å². The smallest absolute Gasteiger partial charge is 0.151 e. The Kier molecular flexibility index (Phi) is 2.84. The first kappa shape index (κ1) is 9.27. The SMILES string of the molecule is Nc1cccnc1N1CCCOCC1. The fraction of sp³-hybridized carbons (Fsp3) is 0.500. The van der Waals surface area contributed by atoms with Gasteiger partial charge in [0.15, 0.2) is 5.82 Å². The van der Waals surface area contributed by atoms with Gasteiger partial charge in [-0.15, -0.1) is 0 Å². The lowest BCUT2D eigenvalue weighted by atomic mass is 10.3. The molecule has 2 N–H and O–H groups in total. The molecule has 1 fully saturated rings. The number of hydrogen-bond acceptors (Lipinski definition) is 4. The van der Waals surface area contributed by atoms with Gasteiger partial charge in [0.05, 0.1) is 12.3 Å². The van der Waals surface area contributed by atoms with Gasteiger partial charge in [-0.3, -0.25) is 0 Å². The van der Waals surface area contributed by atoms with E-state index in [2.05, 4.69) is 9.88 Å². The molecule has 0 bridgehead atoms. The molecule has 1 aromatic heterocycles. The van der Waals surface area contributed by atoms with E-state index in [0.717, 1.165) is 44.2 Å². The number of ether oxygens (including phenoxy) is 1. The van der Waals surface area contributed by atoms with Crippen molar-refractivity contribution in [3.05, 3.63) is 18.3 Å². The molecule has 1 aliphatic rings. The Labute approximate surface area is 83.7 Å². The molecule has 2 rings (SSSR count). The third-order valence-electron chi connectivity index (χ3n) is 2.34. The molecule has 4 nitrogen and oxygen atoms in total. The fourth-order valence-electron chi connectivity index (χ4n) is 1.63. The lowest BCUT2D eigenvalue weighted by Crippen LogP contribution is -2.27. The monoisotopic (exact) mass is 193 g/mol. The first-order chi connectivity index (χ1) is 6.88. The summed E-state index contributed by atoms with van der Waals surface area (Å²) in [5, 5.41) is 0. The van der Waals surface area contributed by atoms with Gasteiger partial charge in [0.1, 0.15) is 0 Å². The molecule has 4 heteroatoms. The van der Waals surface area contributed by atoms with Gasteiger partial charge in [-0.2, -0.15) is 0 Å². The highest BCUT2D eigenvalue weighted by Crippen LogP contribution is 2.19. The van der Waals surface area contributed by atoms with Gasteiger partial charge in [-0.05, 0) is 18.6 Å². The summed E-state index contributed by atoms with van der Waals surface area (Å²) in [4.78, 5) is 6.47. The normalized spacial score (nSPS) is 17.9. The number of nitrogens with two attached hydrogens (primary N) is 1. The highest BCUT2D eigenvalue weighted by Gasteiger charge is 2.12. The average molecular weight is 193 g/mol. The fourth-order valence-corrected chi connectivity index (χ4v) is 1.63. The summed E-state index contributed by atoms with van der Waals surface area (Å²) in [6, 6.07) is 3.74. The van der Waals surface area contributed by atoms with Crippen LogP contribution in [0.15, 0.2) is 18.3 Å². The van der Waals surface area contributed by atoms with E-state index in [4.69, 9.17) is 10.5 Å². The Balaban J connectivity index is 2.16. The molecular weight excluding hydrogens is 178 g/mol. The van der Waals surface area contributed by atoms with Crippen LogP contribution in [0.3, 0.4) is 0 Å². The highest BCUT2D eigenvalue weighted by atomic mass is 16.5. The number of rotatable bonds is 1. The summed E-state index contributed by atoms with van der Waals surface area (Å²) >= 11 is 0. The van der Waals surface area contributed by atoms with Crippen LogP contribution >= 0.6 is 0 Å². The number of pyridine rings is 1. The zero-order valence-corrected chi connectivity index (χ0v) is 8.15. The summed E-state index contributed by atoms with van der Waals surface area (Å²) in [7, 11) is 0. The Morgan fingerprint density at radius 2 is 2.29 bits per heavy atom. The number of anilines is 2. The van der Waals surface area contributed by atoms with Crippen molar-refractivity contribution in [3.8, 4) is 0 Å². The first-order valence-corrected chi connectivity index (χ1v) is 4.91. The third kappa shape index (κ3) is 1.96. The Morgan fingerprint density at radius 3 is 3.14 bits per heavy atom. The standard InChI is InChI=1S/C10H15N3O/c11-9-3-1-4-12-10(9)13-5-2-7-14-8-6-13/h1,3-4H,2,5-8,11H2. The summed E-state index contributed by atoms with van der Waals surface area (Å²) in [6.07, 6.45) is 2.81. The van der Waals surface area contributed by atoms with Gasteiger partial charge in [0.2, 0.25) is 0 Å². The highest BCUT2D eigenvalue weighted by molar-refractivity contribution is 5.62. The molecule has 0 unspecified atom stereocenters. The second kappa shape index (κ2) is 4.28. The van der Waals surface area contributed by atoms with Crippen molar-refractivity contribution in [1.29, 1.82) is 0 Å². The predicted octanol–water partition coefficient (Wildman–Crippen LogP) is 0.890. The lowest BCUT2D eigenvalue weighted by Gasteiger charge is -2.21. The molecule has 2 heterocycles. The lowest BCUT2D eigenvalue weighted by molar-refractivity contribution is 0.152. The second-order valence-electron chi connectivity index (χ2n) is 3.37. The maximum absolute atomic E-state index is 5.86. The predicted molar refractivity (Wildman–Crippen MR) is 56.3 cm³/mol. The van der Waals surface area contributed by atoms with Crippen LogP contribution in [0.25, 0.3) is 0 Å². The van der Waals surface area contributed by atoms with Crippen LogP contribution in [0.5, 0.6) is 0 Å². The van der Waals surface area contributed by atoms with Crippen LogP contribution in [0.2, 0.25) is 0 Å². The Bertz CT molecular complexity index is 295. The van der Waals surface area contributed by atoms with E-state index in [1.54, 1.807) is 6.20 Å². The quantitative estimate of drug-likeness (QED) is 0.719. The molecule has 1 aromatic rings. The third-order valence-corrected chi connectivity index (χ3v) is 2.34. The van der Waals surface area contributed by atoms with E-state index < -0.39 is 0 Å². The minimum atomic E-state index is 0.745. The summed E-state index contributed by atoms with van der Waals surface area (Å²) < 4.78 is 5.38. The van der Waals surface area contributed by atoms with Crippen molar-refractivity contribution in [1.82, 2.24) is 4.98 Å².